The molecule has 0 fully saturated rings. The van der Waals surface area contributed by atoms with E-state index in [1.165, 1.54) is 23.5 Å². The predicted octanol–water partition coefficient (Wildman–Crippen LogP) is 4.29. The molecule has 0 aliphatic rings. The molecular weight excluding hydrogens is 403 g/mol. The summed E-state index contributed by atoms with van der Waals surface area (Å²) >= 11 is 1.43. The van der Waals surface area contributed by atoms with Gasteiger partial charge >= 0.3 is 6.18 Å². The number of carbonyl (C=O) groups is 1. The van der Waals surface area contributed by atoms with Crippen LogP contribution in [0.4, 0.5) is 13.2 Å². The standard InChI is InChI=1S/C20H16F3N3O2S/c1-11-25-17-15-10-12(18(28)24-8-9-27)2-7-16(15)26(19(17)29-11)14-5-3-13(4-6-14)20(21,22)23/h2-7,10,27H,8-9H2,1H3,(H,24,28). The van der Waals surface area contributed by atoms with Crippen molar-refractivity contribution < 1.29 is 23.1 Å². The Kier molecular flexibility index (Phi) is 4.79. The molecule has 0 aliphatic heterocycles. The van der Waals surface area contributed by atoms with E-state index < -0.39 is 11.7 Å². The lowest BCUT2D eigenvalue weighted by molar-refractivity contribution is -0.137. The van der Waals surface area contributed by atoms with Crippen LogP contribution >= 0.6 is 11.3 Å². The van der Waals surface area contributed by atoms with Gasteiger partial charge in [-0.25, -0.2) is 4.98 Å². The molecular formula is C20H16F3N3O2S. The Morgan fingerprint density at radius 1 is 1.21 bits per heavy atom. The fraction of sp³-hybridized carbons (Fsp3) is 0.200. The Hall–Kier alpha value is -2.91. The predicted molar refractivity (Wildman–Crippen MR) is 106 cm³/mol. The zero-order chi connectivity index (χ0) is 20.8. The van der Waals surface area contributed by atoms with Crippen LogP contribution < -0.4 is 5.32 Å². The van der Waals surface area contributed by atoms with Gasteiger partial charge in [-0.15, -0.1) is 11.3 Å². The maximum atomic E-state index is 12.9. The van der Waals surface area contributed by atoms with Crippen molar-refractivity contribution >= 4 is 38.5 Å². The van der Waals surface area contributed by atoms with Gasteiger partial charge < -0.3 is 10.4 Å². The number of amides is 1. The van der Waals surface area contributed by atoms with E-state index in [0.29, 0.717) is 16.8 Å². The average Bonchev–Trinajstić information content (AvgIpc) is 3.19. The number of hydrogen-bond donors (Lipinski definition) is 2. The SMILES string of the molecule is Cc1nc2c3cc(C(=O)NCCO)ccc3n(-c3ccc(C(F)(F)F)cc3)c2s1. The monoisotopic (exact) mass is 419 g/mol. The van der Waals surface area contributed by atoms with Crippen molar-refractivity contribution in [3.05, 3.63) is 58.6 Å². The van der Waals surface area contributed by atoms with Crippen molar-refractivity contribution in [3.8, 4) is 5.69 Å². The first-order valence-electron chi connectivity index (χ1n) is 8.78. The number of carbonyl (C=O) groups excluding carboxylic acids is 1. The number of hydrogen-bond acceptors (Lipinski definition) is 4. The fourth-order valence-electron chi connectivity index (χ4n) is 3.24. The minimum atomic E-state index is -4.40. The first kappa shape index (κ1) is 19.4. The summed E-state index contributed by atoms with van der Waals surface area (Å²) in [6.07, 6.45) is -4.40. The first-order chi connectivity index (χ1) is 13.8. The van der Waals surface area contributed by atoms with E-state index in [1.54, 1.807) is 18.2 Å². The number of benzene rings is 2. The highest BCUT2D eigenvalue weighted by Gasteiger charge is 2.30. The number of thiazole rings is 1. The molecule has 2 N–H and O–H groups in total. The number of fused-ring (bicyclic) bond motifs is 3. The van der Waals surface area contributed by atoms with Crippen LogP contribution in [0.25, 0.3) is 26.9 Å². The molecule has 29 heavy (non-hydrogen) atoms. The number of alkyl halides is 3. The topological polar surface area (TPSA) is 67.2 Å². The number of aliphatic hydroxyl groups excluding tert-OH is 1. The summed E-state index contributed by atoms with van der Waals surface area (Å²) in [6, 6.07) is 10.1. The van der Waals surface area contributed by atoms with Crippen LogP contribution in [0.3, 0.4) is 0 Å². The Morgan fingerprint density at radius 2 is 1.93 bits per heavy atom. The molecule has 1 amide bonds. The number of aryl methyl sites for hydroxylation is 1. The van der Waals surface area contributed by atoms with Crippen LogP contribution in [0, 0.1) is 6.92 Å². The number of halogens is 3. The highest BCUT2D eigenvalue weighted by molar-refractivity contribution is 7.18. The van der Waals surface area contributed by atoms with Crippen LogP contribution in [-0.2, 0) is 6.18 Å². The van der Waals surface area contributed by atoms with E-state index >= 15 is 0 Å². The largest absolute Gasteiger partial charge is 0.416 e. The summed E-state index contributed by atoms with van der Waals surface area (Å²) in [5.74, 6) is -0.316. The maximum absolute atomic E-state index is 12.9. The van der Waals surface area contributed by atoms with Crippen molar-refractivity contribution in [3.63, 3.8) is 0 Å². The lowest BCUT2D eigenvalue weighted by Gasteiger charge is -2.10. The highest BCUT2D eigenvalue weighted by Crippen LogP contribution is 2.36. The third-order valence-electron chi connectivity index (χ3n) is 4.52. The van der Waals surface area contributed by atoms with Gasteiger partial charge in [0.25, 0.3) is 5.91 Å². The van der Waals surface area contributed by atoms with E-state index in [1.807, 2.05) is 11.5 Å². The quantitative estimate of drug-likeness (QED) is 0.519. The molecule has 0 aliphatic carbocycles. The molecule has 0 radical (unpaired) electrons. The van der Waals surface area contributed by atoms with Gasteiger partial charge in [-0.05, 0) is 49.4 Å². The van der Waals surface area contributed by atoms with E-state index in [0.717, 1.165) is 32.9 Å². The molecule has 2 heterocycles. The minimum Gasteiger partial charge on any atom is -0.395 e. The summed E-state index contributed by atoms with van der Waals surface area (Å²) in [7, 11) is 0. The van der Waals surface area contributed by atoms with Crippen molar-refractivity contribution in [1.82, 2.24) is 14.9 Å². The zero-order valence-electron chi connectivity index (χ0n) is 15.2. The maximum Gasteiger partial charge on any atom is 0.416 e. The van der Waals surface area contributed by atoms with Crippen molar-refractivity contribution in [1.29, 1.82) is 0 Å². The molecule has 0 saturated heterocycles. The van der Waals surface area contributed by atoms with Gasteiger partial charge in [-0.2, -0.15) is 13.2 Å². The summed E-state index contributed by atoms with van der Waals surface area (Å²) in [6.45, 7) is 1.84. The van der Waals surface area contributed by atoms with Gasteiger partial charge in [-0.3, -0.25) is 9.36 Å². The van der Waals surface area contributed by atoms with Crippen LogP contribution in [0.15, 0.2) is 42.5 Å². The Morgan fingerprint density at radius 3 is 2.59 bits per heavy atom. The van der Waals surface area contributed by atoms with Gasteiger partial charge in [-0.1, -0.05) is 0 Å². The second-order valence-corrected chi connectivity index (χ2v) is 7.66. The molecule has 4 rings (SSSR count). The smallest absolute Gasteiger partial charge is 0.395 e. The number of aromatic nitrogens is 2. The lowest BCUT2D eigenvalue weighted by atomic mass is 10.1. The summed E-state index contributed by atoms with van der Waals surface area (Å²) in [5, 5.41) is 13.0. The molecule has 0 bridgehead atoms. The molecule has 0 unspecified atom stereocenters. The molecule has 5 nitrogen and oxygen atoms in total. The fourth-order valence-corrected chi connectivity index (χ4v) is 4.21. The van der Waals surface area contributed by atoms with Crippen molar-refractivity contribution in [2.45, 2.75) is 13.1 Å². The molecule has 2 aromatic carbocycles. The van der Waals surface area contributed by atoms with Gasteiger partial charge in [0.05, 0.1) is 22.7 Å². The Labute approximate surface area is 167 Å². The van der Waals surface area contributed by atoms with Crippen LogP contribution in [0.2, 0.25) is 0 Å². The highest BCUT2D eigenvalue weighted by atomic mass is 32.1. The number of aliphatic hydroxyl groups is 1. The van der Waals surface area contributed by atoms with E-state index in [-0.39, 0.29) is 19.1 Å². The number of nitrogens with zero attached hydrogens (tertiary/aromatic N) is 2. The van der Waals surface area contributed by atoms with E-state index in [2.05, 4.69) is 10.3 Å². The van der Waals surface area contributed by atoms with Gasteiger partial charge in [0.1, 0.15) is 10.3 Å². The molecule has 0 atom stereocenters. The number of nitrogens with one attached hydrogen (secondary N) is 1. The van der Waals surface area contributed by atoms with Gasteiger partial charge in [0.2, 0.25) is 0 Å². The molecule has 9 heteroatoms. The summed E-state index contributed by atoms with van der Waals surface area (Å²) in [4.78, 5) is 17.6. The van der Waals surface area contributed by atoms with Gasteiger partial charge in [0.15, 0.2) is 0 Å². The van der Waals surface area contributed by atoms with Crippen LogP contribution in [-0.4, -0.2) is 33.7 Å². The molecule has 2 aromatic heterocycles. The Bertz CT molecular complexity index is 1210. The molecule has 0 spiro atoms. The molecule has 0 saturated carbocycles. The lowest BCUT2D eigenvalue weighted by Crippen LogP contribution is -2.26. The van der Waals surface area contributed by atoms with Crippen LogP contribution in [0.5, 0.6) is 0 Å². The first-order valence-corrected chi connectivity index (χ1v) is 9.59. The zero-order valence-corrected chi connectivity index (χ0v) is 16.1. The minimum absolute atomic E-state index is 0.147. The van der Waals surface area contributed by atoms with E-state index in [4.69, 9.17) is 5.11 Å². The van der Waals surface area contributed by atoms with Gasteiger partial charge in [0, 0.05) is 23.2 Å². The van der Waals surface area contributed by atoms with E-state index in [9.17, 15) is 18.0 Å². The summed E-state index contributed by atoms with van der Waals surface area (Å²) in [5.41, 5.74) is 1.73. The van der Waals surface area contributed by atoms with Crippen molar-refractivity contribution in [2.24, 2.45) is 0 Å². The third-order valence-corrected chi connectivity index (χ3v) is 5.48. The summed E-state index contributed by atoms with van der Waals surface area (Å²) < 4.78 is 40.6. The van der Waals surface area contributed by atoms with Crippen molar-refractivity contribution in [2.75, 3.05) is 13.2 Å². The second-order valence-electron chi connectivity index (χ2n) is 6.48. The Balaban J connectivity index is 1.88. The number of rotatable bonds is 4. The van der Waals surface area contributed by atoms with Crippen LogP contribution in [0.1, 0.15) is 20.9 Å². The second kappa shape index (κ2) is 7.16. The normalized spacial score (nSPS) is 12.0. The average molecular weight is 419 g/mol. The molecule has 150 valence electrons. The third kappa shape index (κ3) is 3.47. The molecule has 4 aromatic rings.